The van der Waals surface area contributed by atoms with Gasteiger partial charge < -0.3 is 5.32 Å². The Hall–Kier alpha value is -0.340. The number of hydrogen-bond donors (Lipinski definition) is 1. The van der Waals surface area contributed by atoms with E-state index in [0.29, 0.717) is 0 Å². The van der Waals surface area contributed by atoms with E-state index in [1.807, 2.05) is 0 Å². The first-order valence-corrected chi connectivity index (χ1v) is 8.53. The smallest absolute Gasteiger partial charge is 0.0175 e. The van der Waals surface area contributed by atoms with Gasteiger partial charge in [-0.3, -0.25) is 0 Å². The summed E-state index contributed by atoms with van der Waals surface area (Å²) in [5.74, 6) is 1.72. The van der Waals surface area contributed by atoms with Crippen molar-refractivity contribution in [2.75, 3.05) is 0 Å². The topological polar surface area (TPSA) is 12.0 Å². The molecule has 0 spiro atoms. The van der Waals surface area contributed by atoms with Crippen LogP contribution in [-0.2, 0) is 0 Å². The molecule has 3 rings (SSSR count). The highest BCUT2D eigenvalue weighted by Gasteiger charge is 2.32. The highest BCUT2D eigenvalue weighted by molar-refractivity contribution is 9.10. The van der Waals surface area contributed by atoms with E-state index in [2.05, 4.69) is 52.4 Å². The summed E-state index contributed by atoms with van der Waals surface area (Å²) in [6.45, 7) is 2.39. The van der Waals surface area contributed by atoms with E-state index in [1.54, 1.807) is 0 Å². The predicted molar refractivity (Wildman–Crippen MR) is 84.5 cm³/mol. The third-order valence-corrected chi connectivity index (χ3v) is 5.61. The van der Waals surface area contributed by atoms with Gasteiger partial charge in [-0.05, 0) is 62.1 Å². The average Bonchev–Trinajstić information content (AvgIpc) is 2.88. The van der Waals surface area contributed by atoms with Crippen LogP contribution in [0.1, 0.15) is 56.9 Å². The third-order valence-electron chi connectivity index (χ3n) is 5.09. The number of rotatable bonds is 4. The standard InChI is InChI=1S/C17H24BrN/c1-12(13-4-2-3-5-13)19-17-10-15(11-17)14-6-8-16(18)9-7-14/h6-9,12-13,15,17,19H,2-5,10-11H2,1H3/t12-,15?,17?/m0/s1. The molecule has 0 unspecified atom stereocenters. The van der Waals surface area contributed by atoms with Crippen LogP contribution in [0.25, 0.3) is 0 Å². The molecule has 2 aliphatic rings. The van der Waals surface area contributed by atoms with Gasteiger partial charge in [0.05, 0.1) is 0 Å². The lowest BCUT2D eigenvalue weighted by Crippen LogP contribution is -2.46. The van der Waals surface area contributed by atoms with Gasteiger partial charge in [-0.15, -0.1) is 0 Å². The SMILES string of the molecule is C[C@H](NC1CC(c2ccc(Br)cc2)C1)C1CCCC1. The highest BCUT2D eigenvalue weighted by Crippen LogP contribution is 2.38. The Morgan fingerprint density at radius 2 is 1.74 bits per heavy atom. The molecule has 0 aromatic heterocycles. The molecule has 1 aromatic rings. The van der Waals surface area contributed by atoms with Crippen LogP contribution in [0, 0.1) is 5.92 Å². The zero-order valence-electron chi connectivity index (χ0n) is 11.7. The van der Waals surface area contributed by atoms with Crippen molar-refractivity contribution < 1.29 is 0 Å². The molecule has 2 fully saturated rings. The van der Waals surface area contributed by atoms with E-state index >= 15 is 0 Å². The fourth-order valence-corrected chi connectivity index (χ4v) is 3.99. The first kappa shape index (κ1) is 13.6. The Morgan fingerprint density at radius 1 is 1.11 bits per heavy atom. The van der Waals surface area contributed by atoms with Crippen LogP contribution in [-0.4, -0.2) is 12.1 Å². The Bertz CT molecular complexity index is 402. The molecule has 1 nitrogen and oxygen atoms in total. The summed E-state index contributed by atoms with van der Waals surface area (Å²) in [4.78, 5) is 0. The van der Waals surface area contributed by atoms with Crippen molar-refractivity contribution in [1.82, 2.24) is 5.32 Å². The van der Waals surface area contributed by atoms with Crippen molar-refractivity contribution >= 4 is 15.9 Å². The van der Waals surface area contributed by atoms with Gasteiger partial charge in [0.15, 0.2) is 0 Å². The second-order valence-electron chi connectivity index (χ2n) is 6.42. The van der Waals surface area contributed by atoms with Gasteiger partial charge in [-0.2, -0.15) is 0 Å². The molecule has 0 aliphatic heterocycles. The molecule has 19 heavy (non-hydrogen) atoms. The Balaban J connectivity index is 1.46. The minimum absolute atomic E-state index is 0.721. The van der Waals surface area contributed by atoms with Crippen LogP contribution in [0.2, 0.25) is 0 Å². The van der Waals surface area contributed by atoms with E-state index in [1.165, 1.54) is 48.6 Å². The fourth-order valence-electron chi connectivity index (χ4n) is 3.73. The molecule has 2 saturated carbocycles. The summed E-state index contributed by atoms with van der Waals surface area (Å²) in [6, 6.07) is 10.3. The predicted octanol–water partition coefficient (Wildman–Crippen LogP) is 4.86. The van der Waals surface area contributed by atoms with Crippen molar-refractivity contribution in [1.29, 1.82) is 0 Å². The van der Waals surface area contributed by atoms with Crippen LogP contribution in [0.3, 0.4) is 0 Å². The monoisotopic (exact) mass is 321 g/mol. The molecule has 2 heteroatoms. The first-order valence-electron chi connectivity index (χ1n) is 7.74. The van der Waals surface area contributed by atoms with Crippen molar-refractivity contribution in [3.8, 4) is 0 Å². The molecule has 0 radical (unpaired) electrons. The van der Waals surface area contributed by atoms with Crippen molar-refractivity contribution in [3.63, 3.8) is 0 Å². The minimum Gasteiger partial charge on any atom is -0.311 e. The maximum atomic E-state index is 3.86. The largest absolute Gasteiger partial charge is 0.311 e. The molecule has 0 amide bonds. The second kappa shape index (κ2) is 5.97. The Kier molecular flexibility index (Phi) is 4.28. The van der Waals surface area contributed by atoms with Crippen LogP contribution < -0.4 is 5.32 Å². The molecule has 104 valence electrons. The van der Waals surface area contributed by atoms with Gasteiger partial charge in [-0.1, -0.05) is 40.9 Å². The lowest BCUT2D eigenvalue weighted by molar-refractivity contribution is 0.239. The molecule has 0 bridgehead atoms. The van der Waals surface area contributed by atoms with Gasteiger partial charge in [0.2, 0.25) is 0 Å². The maximum absolute atomic E-state index is 3.86. The molecule has 1 atom stereocenters. The van der Waals surface area contributed by atoms with Crippen molar-refractivity contribution in [3.05, 3.63) is 34.3 Å². The number of halogens is 1. The highest BCUT2D eigenvalue weighted by atomic mass is 79.9. The van der Waals surface area contributed by atoms with Crippen LogP contribution in [0.15, 0.2) is 28.7 Å². The first-order chi connectivity index (χ1) is 9.22. The number of benzene rings is 1. The summed E-state index contributed by atoms with van der Waals surface area (Å²) < 4.78 is 1.18. The molecular formula is C17H24BrN. The Labute approximate surface area is 125 Å². The third kappa shape index (κ3) is 3.22. The summed E-state index contributed by atoms with van der Waals surface area (Å²) in [5, 5.41) is 3.86. The molecule has 2 aliphatic carbocycles. The summed E-state index contributed by atoms with van der Waals surface area (Å²) in [7, 11) is 0. The Morgan fingerprint density at radius 3 is 2.37 bits per heavy atom. The number of hydrogen-bond acceptors (Lipinski definition) is 1. The molecule has 1 aromatic carbocycles. The van der Waals surface area contributed by atoms with E-state index in [4.69, 9.17) is 0 Å². The van der Waals surface area contributed by atoms with E-state index in [-0.39, 0.29) is 0 Å². The van der Waals surface area contributed by atoms with Crippen molar-refractivity contribution in [2.45, 2.75) is 63.5 Å². The van der Waals surface area contributed by atoms with Crippen LogP contribution >= 0.6 is 15.9 Å². The summed E-state index contributed by atoms with van der Waals surface area (Å²) in [5.41, 5.74) is 1.51. The van der Waals surface area contributed by atoms with Gasteiger partial charge in [-0.25, -0.2) is 0 Å². The molecular weight excluding hydrogens is 298 g/mol. The molecule has 0 saturated heterocycles. The van der Waals surface area contributed by atoms with Gasteiger partial charge in [0, 0.05) is 16.6 Å². The minimum atomic E-state index is 0.721. The molecule has 0 heterocycles. The molecule has 1 N–H and O–H groups in total. The zero-order valence-corrected chi connectivity index (χ0v) is 13.3. The van der Waals surface area contributed by atoms with Gasteiger partial charge in [0.25, 0.3) is 0 Å². The average molecular weight is 322 g/mol. The lowest BCUT2D eigenvalue weighted by atomic mass is 9.75. The van der Waals surface area contributed by atoms with E-state index in [0.717, 1.165) is 23.9 Å². The van der Waals surface area contributed by atoms with E-state index < -0.39 is 0 Å². The van der Waals surface area contributed by atoms with Crippen molar-refractivity contribution in [2.24, 2.45) is 5.92 Å². The lowest BCUT2D eigenvalue weighted by Gasteiger charge is -2.39. The van der Waals surface area contributed by atoms with Gasteiger partial charge >= 0.3 is 0 Å². The number of nitrogens with one attached hydrogen (secondary N) is 1. The van der Waals surface area contributed by atoms with Crippen LogP contribution in [0.4, 0.5) is 0 Å². The van der Waals surface area contributed by atoms with Gasteiger partial charge in [0.1, 0.15) is 0 Å². The van der Waals surface area contributed by atoms with E-state index in [9.17, 15) is 0 Å². The fraction of sp³-hybridized carbons (Fsp3) is 0.647. The summed E-state index contributed by atoms with van der Waals surface area (Å²) in [6.07, 6.45) is 8.41. The normalized spacial score (nSPS) is 29.2. The summed E-state index contributed by atoms with van der Waals surface area (Å²) >= 11 is 3.50. The quantitative estimate of drug-likeness (QED) is 0.834. The van der Waals surface area contributed by atoms with Crippen LogP contribution in [0.5, 0.6) is 0 Å². The maximum Gasteiger partial charge on any atom is 0.0175 e. The zero-order chi connectivity index (χ0) is 13.2. The second-order valence-corrected chi connectivity index (χ2v) is 7.33.